The van der Waals surface area contributed by atoms with Crippen LogP contribution in [0.2, 0.25) is 0 Å². The van der Waals surface area contributed by atoms with Crippen LogP contribution in [0.15, 0.2) is 49.0 Å². The van der Waals surface area contributed by atoms with E-state index in [0.717, 1.165) is 5.56 Å². The zero-order valence-corrected chi connectivity index (χ0v) is 10.5. The molecule has 0 N–H and O–H groups in total. The molecule has 3 rings (SSSR count). The Labute approximate surface area is 115 Å². The number of hydrogen-bond acceptors (Lipinski definition) is 4. The summed E-state index contributed by atoms with van der Waals surface area (Å²) < 4.78 is 10.2. The van der Waals surface area contributed by atoms with Crippen LogP contribution < -0.4 is 4.74 Å². The van der Waals surface area contributed by atoms with Gasteiger partial charge < -0.3 is 9.47 Å². The number of ether oxygens (including phenoxy) is 2. The average molecular weight is 266 g/mol. The van der Waals surface area contributed by atoms with Crippen molar-refractivity contribution >= 4 is 18.0 Å². The van der Waals surface area contributed by atoms with Crippen LogP contribution in [0, 0.1) is 0 Å². The van der Waals surface area contributed by atoms with Crippen molar-refractivity contribution in [1.29, 1.82) is 0 Å². The molecular weight excluding hydrogens is 256 g/mol. The Kier molecular flexibility index (Phi) is 2.84. The fourth-order valence-corrected chi connectivity index (χ4v) is 1.94. The molecule has 0 saturated carbocycles. The first-order chi connectivity index (χ1) is 9.67. The molecule has 0 aliphatic carbocycles. The highest BCUT2D eigenvalue weighted by Gasteiger charge is 2.29. The van der Waals surface area contributed by atoms with Gasteiger partial charge >= 0.3 is 11.9 Å². The molecule has 0 atom stereocenters. The summed E-state index contributed by atoms with van der Waals surface area (Å²) >= 11 is 0. The summed E-state index contributed by atoms with van der Waals surface area (Å²) in [6.07, 6.45) is 1.74. The van der Waals surface area contributed by atoms with Crippen LogP contribution in [0.5, 0.6) is 11.5 Å². The van der Waals surface area contributed by atoms with Crippen molar-refractivity contribution in [3.8, 4) is 11.5 Å². The lowest BCUT2D eigenvalue weighted by Gasteiger charge is -2.06. The fourth-order valence-electron chi connectivity index (χ4n) is 1.94. The lowest BCUT2D eigenvalue weighted by molar-refractivity contribution is 0.0443. The highest BCUT2D eigenvalue weighted by molar-refractivity contribution is 6.14. The molecule has 20 heavy (non-hydrogen) atoms. The third kappa shape index (κ3) is 2.07. The lowest BCUT2D eigenvalue weighted by Crippen LogP contribution is -1.96. The number of cyclic esters (lactones) is 2. The van der Waals surface area contributed by atoms with E-state index in [0.29, 0.717) is 11.5 Å². The maximum absolute atomic E-state index is 11.5. The summed E-state index contributed by atoms with van der Waals surface area (Å²) in [7, 11) is 0. The minimum Gasteiger partial charge on any atom is -0.457 e. The van der Waals surface area contributed by atoms with E-state index < -0.39 is 11.9 Å². The second kappa shape index (κ2) is 4.66. The molecule has 1 aliphatic heterocycles. The molecule has 0 bridgehead atoms. The predicted molar refractivity (Wildman–Crippen MR) is 72.8 cm³/mol. The van der Waals surface area contributed by atoms with Gasteiger partial charge in [-0.2, -0.15) is 0 Å². The molecule has 4 nitrogen and oxygen atoms in total. The first-order valence-corrected chi connectivity index (χ1v) is 5.98. The van der Waals surface area contributed by atoms with Gasteiger partial charge in [0.05, 0.1) is 11.1 Å². The Hall–Kier alpha value is -2.88. The summed E-state index contributed by atoms with van der Waals surface area (Å²) in [5, 5.41) is 0. The standard InChI is InChI=1S/C16H10O4/c1-2-10-3-5-11(6-4-10)19-12-7-8-13-14(9-12)16(18)20-15(13)17/h2-9H,1H2. The smallest absolute Gasteiger partial charge is 0.347 e. The summed E-state index contributed by atoms with van der Waals surface area (Å²) in [5.41, 5.74) is 1.49. The van der Waals surface area contributed by atoms with Gasteiger partial charge in [-0.3, -0.25) is 0 Å². The van der Waals surface area contributed by atoms with Gasteiger partial charge in [-0.15, -0.1) is 0 Å². The van der Waals surface area contributed by atoms with Crippen LogP contribution in [0.1, 0.15) is 26.3 Å². The maximum Gasteiger partial charge on any atom is 0.347 e. The second-order valence-corrected chi connectivity index (χ2v) is 4.26. The van der Waals surface area contributed by atoms with Crippen molar-refractivity contribution in [2.45, 2.75) is 0 Å². The molecule has 1 heterocycles. The Balaban J connectivity index is 1.88. The van der Waals surface area contributed by atoms with E-state index in [1.54, 1.807) is 24.3 Å². The van der Waals surface area contributed by atoms with Gasteiger partial charge in [-0.25, -0.2) is 9.59 Å². The summed E-state index contributed by atoms with van der Waals surface area (Å²) in [6, 6.07) is 12.0. The number of hydrogen-bond donors (Lipinski definition) is 0. The molecule has 1 aliphatic rings. The highest BCUT2D eigenvalue weighted by Crippen LogP contribution is 2.28. The van der Waals surface area contributed by atoms with Gasteiger partial charge in [0.15, 0.2) is 0 Å². The van der Waals surface area contributed by atoms with Crippen molar-refractivity contribution in [2.75, 3.05) is 0 Å². The van der Waals surface area contributed by atoms with Crippen LogP contribution in [0.25, 0.3) is 6.08 Å². The summed E-state index contributed by atoms with van der Waals surface area (Å²) in [5.74, 6) is -0.153. The number of carbonyl (C=O) groups is 2. The maximum atomic E-state index is 11.5. The largest absolute Gasteiger partial charge is 0.457 e. The van der Waals surface area contributed by atoms with Crippen LogP contribution in [-0.2, 0) is 4.74 Å². The van der Waals surface area contributed by atoms with Gasteiger partial charge in [0.2, 0.25) is 0 Å². The minimum atomic E-state index is -0.641. The first-order valence-electron chi connectivity index (χ1n) is 5.98. The van der Waals surface area contributed by atoms with Gasteiger partial charge in [-0.1, -0.05) is 24.8 Å². The Bertz CT molecular complexity index is 714. The molecule has 0 aromatic heterocycles. The first kappa shape index (κ1) is 12.2. The van der Waals surface area contributed by atoms with Crippen LogP contribution >= 0.6 is 0 Å². The summed E-state index contributed by atoms with van der Waals surface area (Å²) in [6.45, 7) is 3.68. The molecule has 4 heteroatoms. The van der Waals surface area contributed by atoms with Crippen molar-refractivity contribution in [1.82, 2.24) is 0 Å². The molecule has 0 unspecified atom stereocenters. The molecule has 0 spiro atoms. The Morgan fingerprint density at radius 2 is 1.55 bits per heavy atom. The van der Waals surface area contributed by atoms with Crippen LogP contribution in [-0.4, -0.2) is 11.9 Å². The number of benzene rings is 2. The van der Waals surface area contributed by atoms with Crippen molar-refractivity contribution in [3.63, 3.8) is 0 Å². The SMILES string of the molecule is C=Cc1ccc(Oc2ccc3c(c2)C(=O)OC3=O)cc1. The molecule has 0 radical (unpaired) electrons. The zero-order chi connectivity index (χ0) is 14.1. The van der Waals surface area contributed by atoms with Gasteiger partial charge in [0.25, 0.3) is 0 Å². The Morgan fingerprint density at radius 3 is 2.25 bits per heavy atom. The van der Waals surface area contributed by atoms with E-state index >= 15 is 0 Å². The van der Waals surface area contributed by atoms with E-state index in [-0.39, 0.29) is 11.1 Å². The number of rotatable bonds is 3. The van der Waals surface area contributed by atoms with Crippen molar-refractivity contribution in [2.24, 2.45) is 0 Å². The molecule has 98 valence electrons. The molecule has 2 aromatic rings. The lowest BCUT2D eigenvalue weighted by atomic mass is 10.1. The monoisotopic (exact) mass is 266 g/mol. The molecule has 2 aromatic carbocycles. The number of carbonyl (C=O) groups excluding carboxylic acids is 2. The zero-order valence-electron chi connectivity index (χ0n) is 10.5. The third-order valence-corrected chi connectivity index (χ3v) is 2.97. The van der Waals surface area contributed by atoms with Crippen molar-refractivity contribution < 1.29 is 19.1 Å². The average Bonchev–Trinajstić information content (AvgIpc) is 2.75. The quantitative estimate of drug-likeness (QED) is 0.630. The highest BCUT2D eigenvalue weighted by atomic mass is 16.6. The fraction of sp³-hybridized carbons (Fsp3) is 0. The van der Waals surface area contributed by atoms with E-state index in [4.69, 9.17) is 4.74 Å². The summed E-state index contributed by atoms with van der Waals surface area (Å²) in [4.78, 5) is 22.8. The van der Waals surface area contributed by atoms with Gasteiger partial charge in [0.1, 0.15) is 11.5 Å². The number of esters is 2. The van der Waals surface area contributed by atoms with E-state index in [9.17, 15) is 9.59 Å². The normalized spacial score (nSPS) is 12.8. The molecule has 0 saturated heterocycles. The predicted octanol–water partition coefficient (Wildman–Crippen LogP) is 3.43. The van der Waals surface area contributed by atoms with Crippen LogP contribution in [0.4, 0.5) is 0 Å². The van der Waals surface area contributed by atoms with Gasteiger partial charge in [-0.05, 0) is 35.9 Å². The Morgan fingerprint density at radius 1 is 0.900 bits per heavy atom. The number of fused-ring (bicyclic) bond motifs is 1. The topological polar surface area (TPSA) is 52.6 Å². The molecular formula is C16H10O4. The van der Waals surface area contributed by atoms with E-state index in [2.05, 4.69) is 11.3 Å². The van der Waals surface area contributed by atoms with E-state index in [1.807, 2.05) is 12.1 Å². The van der Waals surface area contributed by atoms with Crippen molar-refractivity contribution in [3.05, 3.63) is 65.7 Å². The second-order valence-electron chi connectivity index (χ2n) is 4.26. The molecule has 0 fully saturated rings. The third-order valence-electron chi connectivity index (χ3n) is 2.97. The minimum absolute atomic E-state index is 0.232. The van der Waals surface area contributed by atoms with E-state index in [1.165, 1.54) is 12.1 Å². The molecule has 0 amide bonds. The van der Waals surface area contributed by atoms with Crippen LogP contribution in [0.3, 0.4) is 0 Å². The van der Waals surface area contributed by atoms with Gasteiger partial charge in [0, 0.05) is 0 Å².